The largest absolute Gasteiger partial charge is 0.354 e. The van der Waals surface area contributed by atoms with Crippen molar-refractivity contribution in [2.24, 2.45) is 10.4 Å². The number of rotatable bonds is 3. The van der Waals surface area contributed by atoms with Gasteiger partial charge >= 0.3 is 0 Å². The molecule has 1 saturated heterocycles. The highest BCUT2D eigenvalue weighted by Crippen LogP contribution is 2.46. The van der Waals surface area contributed by atoms with E-state index in [1.54, 1.807) is 6.20 Å². The lowest BCUT2D eigenvalue weighted by molar-refractivity contribution is -0.0667. The predicted molar refractivity (Wildman–Crippen MR) is 93.6 cm³/mol. The Kier molecular flexibility index (Phi) is 5.46. The zero-order valence-corrected chi connectivity index (χ0v) is 15.4. The molecule has 1 N–H and O–H groups in total. The number of guanidine groups is 1. The van der Waals surface area contributed by atoms with Crippen LogP contribution in [0.2, 0.25) is 0 Å². The summed E-state index contributed by atoms with van der Waals surface area (Å²) in [5.74, 6) is 0.983. The normalized spacial score (nSPS) is 20.1. The highest BCUT2D eigenvalue weighted by atomic mass is 127. The van der Waals surface area contributed by atoms with Gasteiger partial charge in [-0.3, -0.25) is 9.67 Å². The minimum absolute atomic E-state index is 0. The molecule has 1 aromatic heterocycles. The molecule has 1 aliphatic heterocycles. The molecule has 0 aromatic carbocycles. The monoisotopic (exact) mass is 391 g/mol. The third kappa shape index (κ3) is 3.10. The van der Waals surface area contributed by atoms with Crippen molar-refractivity contribution >= 4 is 29.9 Å². The van der Waals surface area contributed by atoms with Crippen molar-refractivity contribution in [3.8, 4) is 0 Å². The molecule has 0 amide bonds. The maximum absolute atomic E-state index is 4.39. The summed E-state index contributed by atoms with van der Waals surface area (Å²) in [4.78, 5) is 6.74. The molecule has 2 rings (SSSR count). The lowest BCUT2D eigenvalue weighted by atomic mass is 9.65. The quantitative estimate of drug-likeness (QED) is 0.488. The third-order valence-electron chi connectivity index (χ3n) is 4.54. The van der Waals surface area contributed by atoms with Crippen LogP contribution in [0.3, 0.4) is 0 Å². The van der Waals surface area contributed by atoms with Gasteiger partial charge < -0.3 is 10.2 Å². The van der Waals surface area contributed by atoms with Gasteiger partial charge in [0.2, 0.25) is 0 Å². The number of halogens is 1. The Morgan fingerprint density at radius 1 is 1.35 bits per heavy atom. The summed E-state index contributed by atoms with van der Waals surface area (Å²) >= 11 is 0. The molecule has 0 saturated carbocycles. The van der Waals surface area contributed by atoms with Gasteiger partial charge in [-0.15, -0.1) is 24.0 Å². The van der Waals surface area contributed by atoms with E-state index < -0.39 is 0 Å². The highest BCUT2D eigenvalue weighted by Gasteiger charge is 2.53. The summed E-state index contributed by atoms with van der Waals surface area (Å²) < 4.78 is 1.92. The van der Waals surface area contributed by atoms with Crippen LogP contribution in [0.25, 0.3) is 0 Å². The van der Waals surface area contributed by atoms with Crippen LogP contribution in [0.5, 0.6) is 0 Å². The van der Waals surface area contributed by atoms with Crippen molar-refractivity contribution in [2.75, 3.05) is 20.1 Å². The van der Waals surface area contributed by atoms with Crippen molar-refractivity contribution < 1.29 is 0 Å². The Labute approximate surface area is 138 Å². The van der Waals surface area contributed by atoms with Crippen LogP contribution in [0.4, 0.5) is 0 Å². The molecule has 0 spiro atoms. The van der Waals surface area contributed by atoms with Crippen molar-refractivity contribution in [3.63, 3.8) is 0 Å². The molecule has 0 unspecified atom stereocenters. The first-order valence-electron chi connectivity index (χ1n) is 6.84. The molecule has 1 aliphatic rings. The van der Waals surface area contributed by atoms with Crippen LogP contribution in [-0.4, -0.2) is 46.3 Å². The maximum atomic E-state index is 4.39. The summed E-state index contributed by atoms with van der Waals surface area (Å²) in [6, 6.07) is 1.94. The van der Waals surface area contributed by atoms with Crippen LogP contribution < -0.4 is 5.32 Å². The van der Waals surface area contributed by atoms with E-state index in [1.165, 1.54) is 0 Å². The molecule has 1 fully saturated rings. The van der Waals surface area contributed by atoms with Gasteiger partial charge in [-0.1, -0.05) is 13.8 Å². The second kappa shape index (κ2) is 6.32. The van der Waals surface area contributed by atoms with E-state index in [9.17, 15) is 0 Å². The van der Waals surface area contributed by atoms with Crippen LogP contribution in [-0.2, 0) is 6.54 Å². The average molecular weight is 391 g/mol. The molecule has 20 heavy (non-hydrogen) atoms. The lowest BCUT2D eigenvalue weighted by Crippen LogP contribution is -2.72. The molecule has 0 aliphatic carbocycles. The van der Waals surface area contributed by atoms with Gasteiger partial charge in [-0.2, -0.15) is 5.10 Å². The highest BCUT2D eigenvalue weighted by molar-refractivity contribution is 14.0. The molecule has 1 aromatic rings. The first-order valence-corrected chi connectivity index (χ1v) is 6.84. The average Bonchev–Trinajstić information content (AvgIpc) is 2.85. The molecular weight excluding hydrogens is 365 g/mol. The fourth-order valence-electron chi connectivity index (χ4n) is 2.41. The van der Waals surface area contributed by atoms with Gasteiger partial charge in [0.05, 0.1) is 6.54 Å². The number of aliphatic imine (C=N–C) groups is 1. The molecule has 6 heteroatoms. The zero-order chi connectivity index (χ0) is 14.1. The molecule has 2 heterocycles. The van der Waals surface area contributed by atoms with Crippen LogP contribution in [0, 0.1) is 5.41 Å². The summed E-state index contributed by atoms with van der Waals surface area (Å²) in [5, 5.41) is 7.61. The molecular formula is C14H26IN5. The van der Waals surface area contributed by atoms with Crippen molar-refractivity contribution in [3.05, 3.63) is 18.5 Å². The second-order valence-corrected chi connectivity index (χ2v) is 6.27. The van der Waals surface area contributed by atoms with Gasteiger partial charge in [0.1, 0.15) is 0 Å². The Balaban J connectivity index is 0.00000200. The SMILES string of the molecule is CN=C(NCCn1cccn1)N1CC(C)(C)C1(C)C.I. The summed E-state index contributed by atoms with van der Waals surface area (Å²) in [6.45, 7) is 11.9. The number of hydrogen-bond acceptors (Lipinski definition) is 2. The van der Waals surface area contributed by atoms with E-state index >= 15 is 0 Å². The van der Waals surface area contributed by atoms with Crippen molar-refractivity contribution in [1.29, 1.82) is 0 Å². The zero-order valence-electron chi connectivity index (χ0n) is 13.1. The molecule has 0 radical (unpaired) electrons. The van der Waals surface area contributed by atoms with E-state index in [2.05, 4.69) is 48.0 Å². The Hall–Kier alpha value is -0.790. The predicted octanol–water partition coefficient (Wildman–Crippen LogP) is 2.20. The van der Waals surface area contributed by atoms with Crippen LogP contribution in [0.15, 0.2) is 23.5 Å². The third-order valence-corrected chi connectivity index (χ3v) is 4.54. The number of hydrogen-bond donors (Lipinski definition) is 1. The topological polar surface area (TPSA) is 45.5 Å². The number of likely N-dealkylation sites (tertiary alicyclic amines) is 1. The van der Waals surface area contributed by atoms with Gasteiger partial charge in [0.25, 0.3) is 0 Å². The van der Waals surface area contributed by atoms with E-state index in [0.29, 0.717) is 5.41 Å². The maximum Gasteiger partial charge on any atom is 0.194 e. The Morgan fingerprint density at radius 2 is 2.05 bits per heavy atom. The lowest BCUT2D eigenvalue weighted by Gasteiger charge is -2.62. The van der Waals surface area contributed by atoms with Gasteiger partial charge in [-0.05, 0) is 19.9 Å². The number of nitrogens with zero attached hydrogens (tertiary/aromatic N) is 4. The first kappa shape index (κ1) is 17.3. The van der Waals surface area contributed by atoms with E-state index in [4.69, 9.17) is 0 Å². The fourth-order valence-corrected chi connectivity index (χ4v) is 2.41. The van der Waals surface area contributed by atoms with E-state index in [0.717, 1.165) is 25.6 Å². The summed E-state index contributed by atoms with van der Waals surface area (Å²) in [7, 11) is 1.84. The first-order chi connectivity index (χ1) is 8.88. The molecule has 5 nitrogen and oxygen atoms in total. The molecule has 0 bridgehead atoms. The summed E-state index contributed by atoms with van der Waals surface area (Å²) in [6.07, 6.45) is 3.77. The van der Waals surface area contributed by atoms with Crippen molar-refractivity contribution in [2.45, 2.75) is 39.8 Å². The number of aromatic nitrogens is 2. The summed E-state index contributed by atoms with van der Waals surface area (Å²) in [5.41, 5.74) is 0.465. The van der Waals surface area contributed by atoms with Gasteiger partial charge in [0, 0.05) is 43.5 Å². The van der Waals surface area contributed by atoms with E-state index in [-0.39, 0.29) is 29.5 Å². The Bertz CT molecular complexity index is 450. The number of nitrogens with one attached hydrogen (secondary N) is 1. The standard InChI is InChI=1S/C14H25N5.HI/c1-13(2)11-19(14(13,3)4)12(15-5)16-8-10-18-9-6-7-17-18;/h6-7,9H,8,10-11H2,1-5H3,(H,15,16);1H. The van der Waals surface area contributed by atoms with Gasteiger partial charge in [-0.25, -0.2) is 0 Å². The van der Waals surface area contributed by atoms with E-state index in [1.807, 2.05) is 24.0 Å². The smallest absolute Gasteiger partial charge is 0.194 e. The second-order valence-electron chi connectivity index (χ2n) is 6.27. The van der Waals surface area contributed by atoms with Crippen molar-refractivity contribution in [1.82, 2.24) is 20.0 Å². The Morgan fingerprint density at radius 3 is 2.50 bits per heavy atom. The molecule has 0 atom stereocenters. The minimum Gasteiger partial charge on any atom is -0.354 e. The molecule has 114 valence electrons. The fraction of sp³-hybridized carbons (Fsp3) is 0.714. The van der Waals surface area contributed by atoms with Crippen LogP contribution >= 0.6 is 24.0 Å². The van der Waals surface area contributed by atoms with Gasteiger partial charge in [0.15, 0.2) is 5.96 Å². The minimum atomic E-state index is 0. The van der Waals surface area contributed by atoms with Crippen LogP contribution in [0.1, 0.15) is 27.7 Å².